The maximum atomic E-state index is 11.7. The van der Waals surface area contributed by atoms with Crippen LogP contribution in [-0.2, 0) is 4.74 Å². The molecular formula is C13H15NO2. The highest BCUT2D eigenvalue weighted by Gasteiger charge is 2.17. The molecule has 3 nitrogen and oxygen atoms in total. The molecule has 0 saturated heterocycles. The number of ether oxygens (including phenoxy) is 1. The summed E-state index contributed by atoms with van der Waals surface area (Å²) in [5.74, 6) is -0.287. The summed E-state index contributed by atoms with van der Waals surface area (Å²) in [6.07, 6.45) is 0. The van der Waals surface area contributed by atoms with Gasteiger partial charge < -0.3 is 9.30 Å². The minimum absolute atomic E-state index is 0.231. The summed E-state index contributed by atoms with van der Waals surface area (Å²) in [6.45, 7) is 4.11. The summed E-state index contributed by atoms with van der Waals surface area (Å²) >= 11 is 0. The number of benzene rings is 1. The molecule has 0 aliphatic heterocycles. The van der Waals surface area contributed by atoms with E-state index < -0.39 is 0 Å². The lowest BCUT2D eigenvalue weighted by atomic mass is 10.2. The molecule has 0 radical (unpaired) electrons. The first-order valence-corrected chi connectivity index (χ1v) is 5.33. The van der Waals surface area contributed by atoms with Crippen molar-refractivity contribution in [3.63, 3.8) is 0 Å². The highest BCUT2D eigenvalue weighted by atomic mass is 16.5. The van der Waals surface area contributed by atoms with Gasteiger partial charge in [0.15, 0.2) is 0 Å². The van der Waals surface area contributed by atoms with Crippen molar-refractivity contribution in [3.05, 3.63) is 36.0 Å². The summed E-state index contributed by atoms with van der Waals surface area (Å²) in [4.78, 5) is 11.7. The molecule has 3 heteroatoms. The van der Waals surface area contributed by atoms with Gasteiger partial charge in [-0.1, -0.05) is 18.2 Å². The molecule has 16 heavy (non-hydrogen) atoms. The third kappa shape index (κ3) is 1.58. The van der Waals surface area contributed by atoms with E-state index in [4.69, 9.17) is 4.74 Å². The fourth-order valence-electron chi connectivity index (χ4n) is 1.99. The second-order valence-electron chi connectivity index (χ2n) is 4.04. The number of carbonyl (C=O) groups excluding carboxylic acids is 1. The van der Waals surface area contributed by atoms with Gasteiger partial charge in [0.05, 0.1) is 7.11 Å². The summed E-state index contributed by atoms with van der Waals surface area (Å²) in [7, 11) is 1.41. The number of hydrogen-bond acceptors (Lipinski definition) is 2. The van der Waals surface area contributed by atoms with Crippen molar-refractivity contribution < 1.29 is 9.53 Å². The van der Waals surface area contributed by atoms with E-state index in [9.17, 15) is 4.79 Å². The van der Waals surface area contributed by atoms with E-state index in [1.54, 1.807) is 0 Å². The van der Waals surface area contributed by atoms with Crippen molar-refractivity contribution in [1.29, 1.82) is 0 Å². The van der Waals surface area contributed by atoms with Gasteiger partial charge in [-0.3, -0.25) is 0 Å². The summed E-state index contributed by atoms with van der Waals surface area (Å²) in [6, 6.07) is 10.1. The molecule has 0 bridgehead atoms. The molecule has 0 aliphatic rings. The number of fused-ring (bicyclic) bond motifs is 1. The zero-order chi connectivity index (χ0) is 11.7. The van der Waals surface area contributed by atoms with Gasteiger partial charge in [-0.15, -0.1) is 0 Å². The molecule has 1 heterocycles. The lowest BCUT2D eigenvalue weighted by Gasteiger charge is -2.12. The third-order valence-corrected chi connectivity index (χ3v) is 2.66. The van der Waals surface area contributed by atoms with Gasteiger partial charge in [-0.05, 0) is 26.0 Å². The number of carbonyl (C=O) groups is 1. The van der Waals surface area contributed by atoms with Gasteiger partial charge in [-0.25, -0.2) is 4.79 Å². The van der Waals surface area contributed by atoms with Crippen molar-refractivity contribution in [1.82, 2.24) is 4.57 Å². The highest BCUT2D eigenvalue weighted by Crippen LogP contribution is 2.24. The summed E-state index contributed by atoms with van der Waals surface area (Å²) in [5, 5.41) is 1.07. The van der Waals surface area contributed by atoms with E-state index in [-0.39, 0.29) is 12.0 Å². The average Bonchev–Trinajstić information content (AvgIpc) is 2.67. The van der Waals surface area contributed by atoms with Crippen molar-refractivity contribution in [3.8, 4) is 0 Å². The van der Waals surface area contributed by atoms with Crippen LogP contribution in [0.15, 0.2) is 30.3 Å². The number of para-hydroxylation sites is 1. The van der Waals surface area contributed by atoms with Crippen molar-refractivity contribution in [2.75, 3.05) is 7.11 Å². The molecule has 0 spiro atoms. The van der Waals surface area contributed by atoms with Crippen LogP contribution in [0.1, 0.15) is 30.4 Å². The average molecular weight is 217 g/mol. The highest BCUT2D eigenvalue weighted by molar-refractivity contribution is 5.95. The Bertz CT molecular complexity index is 526. The maximum Gasteiger partial charge on any atom is 0.354 e. The first-order valence-electron chi connectivity index (χ1n) is 5.33. The number of methoxy groups -OCH3 is 1. The number of nitrogens with zero attached hydrogens (tertiary/aromatic N) is 1. The second kappa shape index (κ2) is 4.00. The zero-order valence-corrected chi connectivity index (χ0v) is 9.73. The van der Waals surface area contributed by atoms with Gasteiger partial charge in [0.2, 0.25) is 0 Å². The van der Waals surface area contributed by atoms with Crippen LogP contribution in [0.25, 0.3) is 10.9 Å². The Kier molecular flexibility index (Phi) is 2.69. The van der Waals surface area contributed by atoms with Gasteiger partial charge in [0.1, 0.15) is 5.69 Å². The molecule has 84 valence electrons. The topological polar surface area (TPSA) is 31.2 Å². The number of esters is 1. The van der Waals surface area contributed by atoms with Gasteiger partial charge in [0.25, 0.3) is 0 Å². The number of rotatable bonds is 2. The van der Waals surface area contributed by atoms with Gasteiger partial charge >= 0.3 is 5.97 Å². The zero-order valence-electron chi connectivity index (χ0n) is 9.73. The quantitative estimate of drug-likeness (QED) is 0.724. The van der Waals surface area contributed by atoms with E-state index in [2.05, 4.69) is 13.8 Å². The largest absolute Gasteiger partial charge is 0.464 e. The van der Waals surface area contributed by atoms with Crippen LogP contribution in [0.3, 0.4) is 0 Å². The molecule has 0 saturated carbocycles. The molecule has 0 amide bonds. The standard InChI is InChI=1S/C13H15NO2/c1-9(2)14-11-7-5-4-6-10(11)8-12(14)13(15)16-3/h4-9H,1-3H3. The van der Waals surface area contributed by atoms with Gasteiger partial charge in [-0.2, -0.15) is 0 Å². The van der Waals surface area contributed by atoms with E-state index in [1.807, 2.05) is 34.9 Å². The number of hydrogen-bond donors (Lipinski definition) is 0. The monoisotopic (exact) mass is 217 g/mol. The van der Waals surface area contributed by atoms with Crippen LogP contribution < -0.4 is 0 Å². The Morgan fingerprint density at radius 3 is 2.62 bits per heavy atom. The molecule has 0 fully saturated rings. The fraction of sp³-hybridized carbons (Fsp3) is 0.308. The molecular weight excluding hydrogens is 202 g/mol. The van der Waals surface area contributed by atoms with Gasteiger partial charge in [0, 0.05) is 16.9 Å². The normalized spacial score (nSPS) is 11.0. The van der Waals surface area contributed by atoms with Crippen molar-refractivity contribution in [2.24, 2.45) is 0 Å². The van der Waals surface area contributed by atoms with Crippen molar-refractivity contribution >= 4 is 16.9 Å². The van der Waals surface area contributed by atoms with E-state index in [1.165, 1.54) is 7.11 Å². The van der Waals surface area contributed by atoms with E-state index in [0.717, 1.165) is 10.9 Å². The Hall–Kier alpha value is -1.77. The molecule has 2 aromatic rings. The Morgan fingerprint density at radius 1 is 1.31 bits per heavy atom. The SMILES string of the molecule is COC(=O)c1cc2ccccc2n1C(C)C. The predicted octanol–water partition coefficient (Wildman–Crippen LogP) is 3.01. The first-order chi connectivity index (χ1) is 7.65. The summed E-state index contributed by atoms with van der Waals surface area (Å²) in [5.41, 5.74) is 1.68. The van der Waals surface area contributed by atoms with Crippen LogP contribution in [0.2, 0.25) is 0 Å². The Balaban J connectivity index is 2.73. The molecule has 1 aromatic heterocycles. The van der Waals surface area contributed by atoms with Crippen LogP contribution in [0, 0.1) is 0 Å². The molecule has 0 aliphatic carbocycles. The van der Waals surface area contributed by atoms with Crippen molar-refractivity contribution in [2.45, 2.75) is 19.9 Å². The first kappa shape index (κ1) is 10.7. The van der Waals surface area contributed by atoms with Crippen LogP contribution in [0.4, 0.5) is 0 Å². The lowest BCUT2D eigenvalue weighted by Crippen LogP contribution is -2.12. The molecule has 0 atom stereocenters. The van der Waals surface area contributed by atoms with E-state index in [0.29, 0.717) is 5.69 Å². The summed E-state index contributed by atoms with van der Waals surface area (Å²) < 4.78 is 6.80. The Morgan fingerprint density at radius 2 is 2.00 bits per heavy atom. The minimum atomic E-state index is -0.287. The number of aromatic nitrogens is 1. The second-order valence-corrected chi connectivity index (χ2v) is 4.04. The van der Waals surface area contributed by atoms with E-state index >= 15 is 0 Å². The smallest absolute Gasteiger partial charge is 0.354 e. The fourth-order valence-corrected chi connectivity index (χ4v) is 1.99. The molecule has 1 aromatic carbocycles. The maximum absolute atomic E-state index is 11.7. The predicted molar refractivity (Wildman–Crippen MR) is 63.7 cm³/mol. The Labute approximate surface area is 94.6 Å². The third-order valence-electron chi connectivity index (χ3n) is 2.66. The molecule has 0 unspecified atom stereocenters. The lowest BCUT2D eigenvalue weighted by molar-refractivity contribution is 0.0587. The van der Waals surface area contributed by atoms with Crippen LogP contribution in [-0.4, -0.2) is 17.6 Å². The van der Waals surface area contributed by atoms with Crippen LogP contribution in [0.5, 0.6) is 0 Å². The van der Waals surface area contributed by atoms with Crippen LogP contribution >= 0.6 is 0 Å². The molecule has 0 N–H and O–H groups in total. The minimum Gasteiger partial charge on any atom is -0.464 e. The molecule has 2 rings (SSSR count).